The number of piperidine rings is 1. The molecular formula is C24H29N3O4. The fourth-order valence-corrected chi connectivity index (χ4v) is 4.16. The zero-order chi connectivity index (χ0) is 21.8. The number of carbonyl (C=O) groups is 1. The summed E-state index contributed by atoms with van der Waals surface area (Å²) in [6.45, 7) is 2.77. The molecule has 1 amide bonds. The van der Waals surface area contributed by atoms with Crippen molar-refractivity contribution in [3.63, 3.8) is 0 Å². The number of aromatic amines is 1. The van der Waals surface area contributed by atoms with Crippen LogP contribution >= 0.6 is 0 Å². The third-order valence-electron chi connectivity index (χ3n) is 5.93. The van der Waals surface area contributed by atoms with Crippen LogP contribution in [0.1, 0.15) is 23.2 Å². The van der Waals surface area contributed by atoms with Crippen LogP contribution in [-0.4, -0.2) is 51.9 Å². The zero-order valence-electron chi connectivity index (χ0n) is 18.2. The first kappa shape index (κ1) is 21.1. The summed E-state index contributed by atoms with van der Waals surface area (Å²) in [6, 6.07) is 9.83. The number of carbonyl (C=O) groups excluding carboxylic acids is 1. The van der Waals surface area contributed by atoms with Crippen molar-refractivity contribution in [3.8, 4) is 28.4 Å². The van der Waals surface area contributed by atoms with E-state index in [4.69, 9.17) is 14.2 Å². The van der Waals surface area contributed by atoms with Gasteiger partial charge in [0.15, 0.2) is 11.5 Å². The Morgan fingerprint density at radius 3 is 2.35 bits per heavy atom. The van der Waals surface area contributed by atoms with E-state index in [-0.39, 0.29) is 5.91 Å². The molecule has 2 aromatic carbocycles. The SMILES string of the molecule is COc1cc(-c2ccc3c(C(=O)NCC4CCNCC4)c[nH]c3c2)cc(OC)c1OC. The Hall–Kier alpha value is -3.19. The van der Waals surface area contributed by atoms with E-state index in [1.807, 2.05) is 30.3 Å². The lowest BCUT2D eigenvalue weighted by Gasteiger charge is -2.22. The van der Waals surface area contributed by atoms with Gasteiger partial charge in [-0.3, -0.25) is 4.79 Å². The van der Waals surface area contributed by atoms with Crippen LogP contribution in [0.2, 0.25) is 0 Å². The summed E-state index contributed by atoms with van der Waals surface area (Å²) in [5.74, 6) is 2.26. The van der Waals surface area contributed by atoms with Gasteiger partial charge in [-0.1, -0.05) is 12.1 Å². The summed E-state index contributed by atoms with van der Waals surface area (Å²) in [7, 11) is 4.79. The number of hydrogen-bond donors (Lipinski definition) is 3. The molecule has 1 saturated heterocycles. The maximum absolute atomic E-state index is 12.8. The van der Waals surface area contributed by atoms with Crippen molar-refractivity contribution in [2.75, 3.05) is 41.0 Å². The second kappa shape index (κ2) is 9.31. The highest BCUT2D eigenvalue weighted by Crippen LogP contribution is 2.41. The van der Waals surface area contributed by atoms with Crippen LogP contribution in [0.25, 0.3) is 22.0 Å². The average Bonchev–Trinajstić information content (AvgIpc) is 3.25. The van der Waals surface area contributed by atoms with E-state index >= 15 is 0 Å². The third kappa shape index (κ3) is 4.32. The molecule has 3 N–H and O–H groups in total. The maximum Gasteiger partial charge on any atom is 0.253 e. The van der Waals surface area contributed by atoms with Gasteiger partial charge in [0.25, 0.3) is 5.91 Å². The van der Waals surface area contributed by atoms with E-state index in [0.29, 0.717) is 28.7 Å². The zero-order valence-corrected chi connectivity index (χ0v) is 18.2. The lowest BCUT2D eigenvalue weighted by molar-refractivity contribution is 0.0946. The van der Waals surface area contributed by atoms with Crippen molar-refractivity contribution < 1.29 is 19.0 Å². The Morgan fingerprint density at radius 1 is 1.00 bits per heavy atom. The van der Waals surface area contributed by atoms with Gasteiger partial charge < -0.3 is 29.8 Å². The number of methoxy groups -OCH3 is 3. The van der Waals surface area contributed by atoms with E-state index in [9.17, 15) is 4.79 Å². The normalized spacial score (nSPS) is 14.4. The Kier molecular flexibility index (Phi) is 6.32. The first-order valence-electron chi connectivity index (χ1n) is 10.5. The number of amides is 1. The quantitative estimate of drug-likeness (QED) is 0.541. The summed E-state index contributed by atoms with van der Waals surface area (Å²) < 4.78 is 16.4. The van der Waals surface area contributed by atoms with Crippen molar-refractivity contribution in [2.24, 2.45) is 5.92 Å². The molecule has 31 heavy (non-hydrogen) atoms. The minimum atomic E-state index is -0.0367. The number of hydrogen-bond acceptors (Lipinski definition) is 5. The molecule has 1 aliphatic rings. The minimum Gasteiger partial charge on any atom is -0.493 e. The molecule has 0 atom stereocenters. The molecule has 1 aliphatic heterocycles. The van der Waals surface area contributed by atoms with E-state index < -0.39 is 0 Å². The number of rotatable bonds is 7. The van der Waals surface area contributed by atoms with E-state index in [1.54, 1.807) is 27.5 Å². The second-order valence-electron chi connectivity index (χ2n) is 7.78. The van der Waals surface area contributed by atoms with Crippen LogP contribution in [0.4, 0.5) is 0 Å². The average molecular weight is 424 g/mol. The number of nitrogens with one attached hydrogen (secondary N) is 3. The highest BCUT2D eigenvalue weighted by molar-refractivity contribution is 6.07. The first-order chi connectivity index (χ1) is 15.1. The third-order valence-corrected chi connectivity index (χ3v) is 5.93. The largest absolute Gasteiger partial charge is 0.493 e. The fourth-order valence-electron chi connectivity index (χ4n) is 4.16. The lowest BCUT2D eigenvalue weighted by Crippen LogP contribution is -2.35. The first-order valence-corrected chi connectivity index (χ1v) is 10.5. The Morgan fingerprint density at radius 2 is 1.71 bits per heavy atom. The molecule has 0 unspecified atom stereocenters. The minimum absolute atomic E-state index is 0.0367. The molecule has 1 aromatic heterocycles. The smallest absolute Gasteiger partial charge is 0.253 e. The van der Waals surface area contributed by atoms with Crippen molar-refractivity contribution in [3.05, 3.63) is 42.1 Å². The van der Waals surface area contributed by atoms with Crippen LogP contribution in [0.5, 0.6) is 17.2 Å². The Balaban J connectivity index is 1.58. The lowest BCUT2D eigenvalue weighted by atomic mass is 9.98. The Labute approximate surface area is 182 Å². The molecule has 4 rings (SSSR count). The summed E-state index contributed by atoms with van der Waals surface area (Å²) >= 11 is 0. The van der Waals surface area contributed by atoms with Gasteiger partial charge >= 0.3 is 0 Å². The molecule has 2 heterocycles. The maximum atomic E-state index is 12.8. The fraction of sp³-hybridized carbons (Fsp3) is 0.375. The molecule has 0 radical (unpaired) electrons. The summed E-state index contributed by atoms with van der Waals surface area (Å²) in [4.78, 5) is 16.0. The monoisotopic (exact) mass is 423 g/mol. The van der Waals surface area contributed by atoms with Crippen molar-refractivity contribution >= 4 is 16.8 Å². The van der Waals surface area contributed by atoms with Crippen molar-refractivity contribution in [1.82, 2.24) is 15.6 Å². The van der Waals surface area contributed by atoms with Gasteiger partial charge in [-0.25, -0.2) is 0 Å². The highest BCUT2D eigenvalue weighted by atomic mass is 16.5. The Bertz CT molecular complexity index is 1040. The summed E-state index contributed by atoms with van der Waals surface area (Å²) in [5, 5.41) is 7.36. The number of ether oxygens (including phenoxy) is 3. The second-order valence-corrected chi connectivity index (χ2v) is 7.78. The van der Waals surface area contributed by atoms with Crippen LogP contribution < -0.4 is 24.8 Å². The topological polar surface area (TPSA) is 84.6 Å². The predicted octanol–water partition coefficient (Wildman–Crippen LogP) is 3.59. The van der Waals surface area contributed by atoms with E-state index in [0.717, 1.165) is 54.5 Å². The van der Waals surface area contributed by atoms with E-state index in [1.165, 1.54) is 0 Å². The number of fused-ring (bicyclic) bond motifs is 1. The number of benzene rings is 2. The molecule has 3 aromatic rings. The van der Waals surface area contributed by atoms with Crippen LogP contribution in [0, 0.1) is 5.92 Å². The standard InChI is InChI=1S/C24H29N3O4/c1-29-21-11-17(12-22(30-2)23(21)31-3)16-4-5-18-19(14-26-20(18)10-16)24(28)27-13-15-6-8-25-9-7-15/h4-5,10-12,14-15,25-26H,6-9,13H2,1-3H3,(H,27,28). The highest BCUT2D eigenvalue weighted by Gasteiger charge is 2.18. The number of aromatic nitrogens is 1. The molecule has 164 valence electrons. The van der Waals surface area contributed by atoms with Gasteiger partial charge in [0.05, 0.1) is 26.9 Å². The molecule has 0 spiro atoms. The van der Waals surface area contributed by atoms with Gasteiger partial charge in [0, 0.05) is 23.6 Å². The summed E-state index contributed by atoms with van der Waals surface area (Å²) in [5.41, 5.74) is 3.48. The molecule has 0 bridgehead atoms. The van der Waals surface area contributed by atoms with Crippen LogP contribution in [0.3, 0.4) is 0 Å². The van der Waals surface area contributed by atoms with Gasteiger partial charge in [-0.05, 0) is 61.2 Å². The molecule has 7 heteroatoms. The molecule has 0 aliphatic carbocycles. The molecular weight excluding hydrogens is 394 g/mol. The predicted molar refractivity (Wildman–Crippen MR) is 121 cm³/mol. The summed E-state index contributed by atoms with van der Waals surface area (Å²) in [6.07, 6.45) is 3.99. The van der Waals surface area contributed by atoms with Gasteiger partial charge in [0.1, 0.15) is 0 Å². The van der Waals surface area contributed by atoms with Crippen LogP contribution in [-0.2, 0) is 0 Å². The van der Waals surface area contributed by atoms with E-state index in [2.05, 4.69) is 15.6 Å². The van der Waals surface area contributed by atoms with Crippen LogP contribution in [0.15, 0.2) is 36.5 Å². The molecule has 0 saturated carbocycles. The number of H-pyrrole nitrogens is 1. The van der Waals surface area contributed by atoms with Gasteiger partial charge in [-0.2, -0.15) is 0 Å². The van der Waals surface area contributed by atoms with Gasteiger partial charge in [0.2, 0.25) is 5.75 Å². The van der Waals surface area contributed by atoms with Crippen molar-refractivity contribution in [2.45, 2.75) is 12.8 Å². The van der Waals surface area contributed by atoms with Crippen molar-refractivity contribution in [1.29, 1.82) is 0 Å². The van der Waals surface area contributed by atoms with Gasteiger partial charge in [-0.15, -0.1) is 0 Å². The molecule has 7 nitrogen and oxygen atoms in total. The molecule has 1 fully saturated rings.